The molecule has 0 saturated heterocycles. The normalized spacial score (nSPS) is 15.7. The van der Waals surface area contributed by atoms with Crippen LogP contribution < -0.4 is 0 Å². The van der Waals surface area contributed by atoms with Crippen LogP contribution in [-0.2, 0) is 4.57 Å². The van der Waals surface area contributed by atoms with Gasteiger partial charge in [-0.25, -0.2) is 0 Å². The van der Waals surface area contributed by atoms with Crippen LogP contribution in [0.25, 0.3) is 0 Å². The van der Waals surface area contributed by atoms with E-state index in [1.165, 1.54) is 25.7 Å². The highest BCUT2D eigenvalue weighted by Crippen LogP contribution is 2.52. The molecule has 27 heavy (non-hydrogen) atoms. The lowest BCUT2D eigenvalue weighted by Gasteiger charge is -2.35. The summed E-state index contributed by atoms with van der Waals surface area (Å²) < 4.78 is 12.0. The fourth-order valence-corrected chi connectivity index (χ4v) is 4.16. The average molecular weight is 405 g/mol. The third kappa shape index (κ3) is 14.2. The molecule has 3 N–H and O–H groups in total. The topological polar surface area (TPSA) is 77.8 Å². The number of hydrogen-bond donors (Lipinski definition) is 3. The predicted octanol–water partition coefficient (Wildman–Crippen LogP) is 4.98. The number of hydrogen-bond acceptors (Lipinski definition) is 2. The maximum atomic E-state index is 11.7. The van der Waals surface area contributed by atoms with Gasteiger partial charge in [0.1, 0.15) is 6.54 Å². The molecule has 0 heterocycles. The summed E-state index contributed by atoms with van der Waals surface area (Å²) >= 11 is 0. The Morgan fingerprint density at radius 1 is 0.815 bits per heavy atom. The van der Waals surface area contributed by atoms with E-state index >= 15 is 0 Å². The van der Waals surface area contributed by atoms with Crippen LogP contribution in [0.5, 0.6) is 0 Å². The predicted molar refractivity (Wildman–Crippen MR) is 115 cm³/mol. The molecule has 0 aromatic heterocycles. The number of allylic oxidation sites excluding steroid dienone is 4. The van der Waals surface area contributed by atoms with Gasteiger partial charge in [-0.1, -0.05) is 50.5 Å². The molecule has 0 aliphatic carbocycles. The minimum absolute atomic E-state index is 0.0448. The van der Waals surface area contributed by atoms with E-state index < -0.39 is 12.9 Å². The standard InChI is InChI=1S/C21H42NO4P/c1-5-6-7-8-9-10-11-12-13-14-15-16-17-18-19-21(23,27(24,25)26)20-22(2,3)4/h9-10,13-14,23H,5-8,11-12,15-20H2,1-4H3,(H-,24,25,26)/p+1/b10-9-,14-13-. The molecule has 0 radical (unpaired) electrons. The number of nitrogens with zero attached hydrogens (tertiary/aromatic N) is 1. The molecular weight excluding hydrogens is 361 g/mol. The first-order chi connectivity index (χ1) is 12.5. The Bertz CT molecular complexity index is 479. The molecule has 0 spiro atoms. The quantitative estimate of drug-likeness (QED) is 0.147. The fourth-order valence-electron chi connectivity index (χ4n) is 3.10. The van der Waals surface area contributed by atoms with Gasteiger partial charge in [-0.05, 0) is 51.4 Å². The van der Waals surface area contributed by atoms with Crippen molar-refractivity contribution in [3.63, 3.8) is 0 Å². The van der Waals surface area contributed by atoms with Crippen LogP contribution in [0.4, 0.5) is 0 Å². The zero-order valence-corrected chi connectivity index (χ0v) is 18.8. The number of rotatable bonds is 16. The van der Waals surface area contributed by atoms with Crippen molar-refractivity contribution in [3.05, 3.63) is 24.3 Å². The SMILES string of the molecule is CCCCC/C=C\CC/C=C\CCCCCC(O)(C[N+](C)(C)C)P(=O)(O)O. The lowest BCUT2D eigenvalue weighted by molar-refractivity contribution is -0.875. The van der Waals surface area contributed by atoms with E-state index in [1.54, 1.807) is 0 Å². The summed E-state index contributed by atoms with van der Waals surface area (Å²) in [4.78, 5) is 19.1. The van der Waals surface area contributed by atoms with Crippen molar-refractivity contribution >= 4 is 7.60 Å². The van der Waals surface area contributed by atoms with E-state index in [4.69, 9.17) is 0 Å². The minimum Gasteiger partial charge on any atom is -0.373 e. The van der Waals surface area contributed by atoms with Crippen LogP contribution in [0.15, 0.2) is 24.3 Å². The van der Waals surface area contributed by atoms with Crippen molar-refractivity contribution in [1.82, 2.24) is 0 Å². The number of unbranched alkanes of at least 4 members (excludes halogenated alkanes) is 7. The summed E-state index contributed by atoms with van der Waals surface area (Å²) in [6.07, 6.45) is 19.7. The number of aliphatic hydroxyl groups is 1. The van der Waals surface area contributed by atoms with Crippen molar-refractivity contribution in [3.8, 4) is 0 Å². The highest BCUT2D eigenvalue weighted by molar-refractivity contribution is 7.53. The maximum absolute atomic E-state index is 11.7. The van der Waals surface area contributed by atoms with Gasteiger partial charge in [-0.2, -0.15) is 0 Å². The van der Waals surface area contributed by atoms with Gasteiger partial charge in [0, 0.05) is 0 Å². The molecule has 160 valence electrons. The highest BCUT2D eigenvalue weighted by atomic mass is 31.2. The smallest absolute Gasteiger partial charge is 0.362 e. The molecule has 1 unspecified atom stereocenters. The summed E-state index contributed by atoms with van der Waals surface area (Å²) in [5, 5.41) is 8.55. The van der Waals surface area contributed by atoms with Crippen molar-refractivity contribution in [2.45, 2.75) is 82.9 Å². The van der Waals surface area contributed by atoms with Crippen molar-refractivity contribution in [2.75, 3.05) is 27.7 Å². The largest absolute Gasteiger partial charge is 0.373 e. The van der Waals surface area contributed by atoms with Gasteiger partial charge >= 0.3 is 7.60 Å². The van der Waals surface area contributed by atoms with E-state index in [0.29, 0.717) is 10.9 Å². The Morgan fingerprint density at radius 3 is 1.74 bits per heavy atom. The Labute approximate surface area is 166 Å². The first-order valence-corrected chi connectivity index (χ1v) is 12.0. The lowest BCUT2D eigenvalue weighted by atomic mass is 10.1. The van der Waals surface area contributed by atoms with Gasteiger partial charge < -0.3 is 19.4 Å². The van der Waals surface area contributed by atoms with Crippen LogP contribution >= 0.6 is 7.60 Å². The van der Waals surface area contributed by atoms with Gasteiger partial charge in [0.25, 0.3) is 0 Å². The molecule has 0 fully saturated rings. The van der Waals surface area contributed by atoms with Gasteiger partial charge in [0.15, 0.2) is 0 Å². The number of quaternary nitrogens is 1. The van der Waals surface area contributed by atoms with Crippen molar-refractivity contribution in [2.24, 2.45) is 0 Å². The second-order valence-corrected chi connectivity index (χ2v) is 10.5. The minimum atomic E-state index is -4.55. The summed E-state index contributed by atoms with van der Waals surface area (Å²) in [6.45, 7) is 2.26. The molecule has 0 saturated carbocycles. The molecule has 0 aromatic rings. The molecule has 1 atom stereocenters. The lowest BCUT2D eigenvalue weighted by Crippen LogP contribution is -2.49. The molecule has 0 bridgehead atoms. The second-order valence-electron chi connectivity index (χ2n) is 8.59. The summed E-state index contributed by atoms with van der Waals surface area (Å²) in [7, 11) is 0.925. The molecule has 0 aromatic carbocycles. The third-order valence-electron chi connectivity index (χ3n) is 4.53. The Morgan fingerprint density at radius 2 is 1.30 bits per heavy atom. The van der Waals surface area contributed by atoms with E-state index in [1.807, 2.05) is 21.1 Å². The fraction of sp³-hybridized carbons (Fsp3) is 0.810. The molecule has 0 aliphatic rings. The first kappa shape index (κ1) is 26.6. The Kier molecular flexibility index (Phi) is 13.5. The third-order valence-corrected chi connectivity index (χ3v) is 5.97. The van der Waals surface area contributed by atoms with Crippen molar-refractivity contribution < 1.29 is 23.9 Å². The van der Waals surface area contributed by atoms with Crippen LogP contribution in [0.2, 0.25) is 0 Å². The zero-order valence-electron chi connectivity index (χ0n) is 17.9. The van der Waals surface area contributed by atoms with Crippen LogP contribution in [-0.4, -0.2) is 52.4 Å². The average Bonchev–Trinajstić information content (AvgIpc) is 2.52. The van der Waals surface area contributed by atoms with E-state index in [-0.39, 0.29) is 13.0 Å². The Hall–Kier alpha value is -0.450. The van der Waals surface area contributed by atoms with E-state index in [9.17, 15) is 19.5 Å². The second kappa shape index (κ2) is 13.7. The molecule has 5 nitrogen and oxygen atoms in total. The summed E-state index contributed by atoms with van der Waals surface area (Å²) in [6, 6.07) is 0. The molecule has 6 heteroatoms. The monoisotopic (exact) mass is 404 g/mol. The van der Waals surface area contributed by atoms with E-state index in [0.717, 1.165) is 32.1 Å². The van der Waals surface area contributed by atoms with Gasteiger partial charge in [0.2, 0.25) is 5.34 Å². The summed E-state index contributed by atoms with van der Waals surface area (Å²) in [5.41, 5.74) is 0. The molecule has 0 amide bonds. The van der Waals surface area contributed by atoms with Crippen molar-refractivity contribution in [1.29, 1.82) is 0 Å². The van der Waals surface area contributed by atoms with Gasteiger partial charge in [-0.3, -0.25) is 4.57 Å². The summed E-state index contributed by atoms with van der Waals surface area (Å²) in [5.74, 6) is 0. The van der Waals surface area contributed by atoms with Gasteiger partial charge in [0.05, 0.1) is 21.1 Å². The van der Waals surface area contributed by atoms with Gasteiger partial charge in [-0.15, -0.1) is 0 Å². The van der Waals surface area contributed by atoms with Crippen LogP contribution in [0.3, 0.4) is 0 Å². The Balaban J connectivity index is 3.92. The molecule has 0 rings (SSSR count). The molecule has 0 aliphatic heterocycles. The van der Waals surface area contributed by atoms with Crippen LogP contribution in [0.1, 0.15) is 77.6 Å². The van der Waals surface area contributed by atoms with Crippen LogP contribution in [0, 0.1) is 0 Å². The molecular formula is C21H43NO4P+. The number of likely N-dealkylation sites (N-methyl/N-ethyl adjacent to an activating group) is 1. The maximum Gasteiger partial charge on any atom is 0.362 e. The first-order valence-electron chi connectivity index (χ1n) is 10.4. The highest BCUT2D eigenvalue weighted by Gasteiger charge is 2.48. The van der Waals surface area contributed by atoms with E-state index in [2.05, 4.69) is 31.2 Å². The zero-order chi connectivity index (χ0) is 20.8.